The predicted octanol–water partition coefficient (Wildman–Crippen LogP) is 4.36. The van der Waals surface area contributed by atoms with Crippen LogP contribution in [0.3, 0.4) is 0 Å². The van der Waals surface area contributed by atoms with E-state index >= 15 is 0 Å². The van der Waals surface area contributed by atoms with Crippen LogP contribution >= 0.6 is 23.5 Å². The maximum absolute atomic E-state index is 11.0. The molecule has 0 aliphatic carbocycles. The van der Waals surface area contributed by atoms with Gasteiger partial charge in [-0.2, -0.15) is 23.5 Å². The van der Waals surface area contributed by atoms with Crippen LogP contribution in [0.15, 0.2) is 0 Å². The number of rotatable bonds is 11. The fourth-order valence-corrected chi connectivity index (χ4v) is 5.06. The molecule has 2 unspecified atom stereocenters. The van der Waals surface area contributed by atoms with Gasteiger partial charge in [0.05, 0.1) is 26.4 Å². The van der Waals surface area contributed by atoms with Crippen LogP contribution in [0.1, 0.15) is 38.5 Å². The van der Waals surface area contributed by atoms with E-state index in [1.807, 2.05) is 23.5 Å². The fraction of sp³-hybridized carbons (Fsp3) is 0.889. The topological polar surface area (TPSA) is 71.1 Å². The number of carbonyl (C=O) groups excluding carboxylic acids is 2. The van der Waals surface area contributed by atoms with Crippen LogP contribution in [-0.2, 0) is 18.9 Å². The number of hydrogen-bond acceptors (Lipinski definition) is 8. The molecule has 0 aromatic heterocycles. The van der Waals surface area contributed by atoms with Gasteiger partial charge < -0.3 is 18.9 Å². The molecule has 8 heteroatoms. The molecule has 2 heterocycles. The van der Waals surface area contributed by atoms with Crippen LogP contribution in [0.4, 0.5) is 9.59 Å². The smallest absolute Gasteiger partial charge is 0.434 e. The van der Waals surface area contributed by atoms with Crippen molar-refractivity contribution in [2.45, 2.75) is 38.5 Å². The lowest BCUT2D eigenvalue weighted by atomic mass is 10.0. The number of ether oxygens (including phenoxy) is 4. The highest BCUT2D eigenvalue weighted by Gasteiger charge is 2.18. The maximum atomic E-state index is 11.0. The van der Waals surface area contributed by atoms with Crippen molar-refractivity contribution < 1.29 is 28.5 Å². The van der Waals surface area contributed by atoms with Gasteiger partial charge in [-0.1, -0.05) is 0 Å². The Morgan fingerprint density at radius 1 is 0.692 bits per heavy atom. The van der Waals surface area contributed by atoms with Crippen LogP contribution < -0.4 is 0 Å². The van der Waals surface area contributed by atoms with Gasteiger partial charge in [0, 0.05) is 11.5 Å². The molecule has 2 aliphatic heterocycles. The summed E-state index contributed by atoms with van der Waals surface area (Å²) >= 11 is 4.01. The van der Waals surface area contributed by atoms with Crippen LogP contribution in [0.2, 0.25) is 0 Å². The van der Waals surface area contributed by atoms with Crippen molar-refractivity contribution in [1.82, 2.24) is 0 Å². The number of hydrogen-bond donors (Lipinski definition) is 0. The Morgan fingerprint density at radius 3 is 1.62 bits per heavy atom. The first-order chi connectivity index (χ1) is 12.7. The number of carbonyl (C=O) groups is 2. The molecule has 0 N–H and O–H groups in total. The van der Waals surface area contributed by atoms with Crippen molar-refractivity contribution in [2.24, 2.45) is 11.8 Å². The second-order valence-corrected chi connectivity index (χ2v) is 9.09. The standard InChI is InChI=1S/C18H30O6S2/c19-17-21-7-5-15(13-23-17)3-1-9-25-11-12-26-10-2-4-16-6-8-22-18(20)24-14-16/h15-16H,1-14H2. The molecular formula is C18H30O6S2. The third-order valence-electron chi connectivity index (χ3n) is 4.54. The molecule has 150 valence electrons. The molecular weight excluding hydrogens is 376 g/mol. The lowest BCUT2D eigenvalue weighted by molar-refractivity contribution is 0.0684. The van der Waals surface area contributed by atoms with E-state index in [0.717, 1.165) is 25.7 Å². The second-order valence-electron chi connectivity index (χ2n) is 6.64. The monoisotopic (exact) mass is 406 g/mol. The molecule has 0 amide bonds. The lowest BCUT2D eigenvalue weighted by Gasteiger charge is -2.12. The molecule has 0 aromatic carbocycles. The van der Waals surface area contributed by atoms with Gasteiger partial charge >= 0.3 is 12.3 Å². The summed E-state index contributed by atoms with van der Waals surface area (Å²) in [5.74, 6) is 5.60. The van der Waals surface area contributed by atoms with E-state index < -0.39 is 12.3 Å². The molecule has 2 atom stereocenters. The van der Waals surface area contributed by atoms with E-state index in [0.29, 0.717) is 38.3 Å². The third kappa shape index (κ3) is 9.80. The first kappa shape index (κ1) is 21.5. The van der Waals surface area contributed by atoms with Gasteiger partial charge in [0.2, 0.25) is 0 Å². The summed E-state index contributed by atoms with van der Waals surface area (Å²) in [6, 6.07) is 0. The lowest BCUT2D eigenvalue weighted by Crippen LogP contribution is -2.09. The minimum absolute atomic E-state index is 0.449. The van der Waals surface area contributed by atoms with Crippen molar-refractivity contribution >= 4 is 35.8 Å². The Bertz CT molecular complexity index is 382. The Balaban J connectivity index is 1.35. The van der Waals surface area contributed by atoms with Gasteiger partial charge in [-0.05, 0) is 61.9 Å². The summed E-state index contributed by atoms with van der Waals surface area (Å²) < 4.78 is 19.8. The summed E-state index contributed by atoms with van der Waals surface area (Å²) in [5, 5.41) is 0. The summed E-state index contributed by atoms with van der Waals surface area (Å²) in [7, 11) is 0. The molecule has 0 saturated carbocycles. The van der Waals surface area contributed by atoms with E-state index in [1.54, 1.807) is 0 Å². The Labute approximate surface area is 164 Å². The van der Waals surface area contributed by atoms with Crippen LogP contribution in [0, 0.1) is 11.8 Å². The third-order valence-corrected chi connectivity index (χ3v) is 6.94. The van der Waals surface area contributed by atoms with Crippen LogP contribution in [0.5, 0.6) is 0 Å². The molecule has 2 fully saturated rings. The molecule has 26 heavy (non-hydrogen) atoms. The first-order valence-electron chi connectivity index (χ1n) is 9.48. The Hall–Kier alpha value is -0.760. The first-order valence-corrected chi connectivity index (χ1v) is 11.8. The van der Waals surface area contributed by atoms with Crippen LogP contribution in [-0.4, -0.2) is 61.7 Å². The van der Waals surface area contributed by atoms with Gasteiger partial charge in [0.15, 0.2) is 0 Å². The summed E-state index contributed by atoms with van der Waals surface area (Å²) in [6.07, 6.45) is 5.33. The summed E-state index contributed by atoms with van der Waals surface area (Å²) in [4.78, 5) is 22.0. The molecule has 0 spiro atoms. The highest BCUT2D eigenvalue weighted by atomic mass is 32.2. The summed E-state index contributed by atoms with van der Waals surface area (Å²) in [5.41, 5.74) is 0. The Kier molecular flexibility index (Phi) is 11.1. The molecule has 2 rings (SSSR count). The van der Waals surface area contributed by atoms with E-state index in [1.165, 1.54) is 35.9 Å². The van der Waals surface area contributed by atoms with Gasteiger partial charge in [0.1, 0.15) is 0 Å². The molecule has 2 saturated heterocycles. The molecule has 0 aromatic rings. The fourth-order valence-electron chi connectivity index (χ4n) is 2.97. The van der Waals surface area contributed by atoms with Crippen molar-refractivity contribution in [3.63, 3.8) is 0 Å². The average molecular weight is 407 g/mol. The van der Waals surface area contributed by atoms with Crippen molar-refractivity contribution in [3.05, 3.63) is 0 Å². The second kappa shape index (κ2) is 13.4. The largest absolute Gasteiger partial charge is 0.508 e. The normalized spacial score (nSPS) is 23.8. The minimum atomic E-state index is -0.521. The maximum Gasteiger partial charge on any atom is 0.508 e. The van der Waals surface area contributed by atoms with Gasteiger partial charge in [-0.15, -0.1) is 0 Å². The molecule has 6 nitrogen and oxygen atoms in total. The van der Waals surface area contributed by atoms with Gasteiger partial charge in [0.25, 0.3) is 0 Å². The molecule has 2 aliphatic rings. The van der Waals surface area contributed by atoms with Crippen molar-refractivity contribution in [3.8, 4) is 0 Å². The summed E-state index contributed by atoms with van der Waals surface area (Å²) in [6.45, 7) is 1.99. The SMILES string of the molecule is O=C1OCCC(CCCSCCSCCCC2CCOC(=O)OC2)CO1. The van der Waals surface area contributed by atoms with Gasteiger partial charge in [-0.3, -0.25) is 0 Å². The highest BCUT2D eigenvalue weighted by molar-refractivity contribution is 8.02. The highest BCUT2D eigenvalue weighted by Crippen LogP contribution is 2.20. The predicted molar refractivity (Wildman–Crippen MR) is 104 cm³/mol. The zero-order valence-electron chi connectivity index (χ0n) is 15.3. The van der Waals surface area contributed by atoms with E-state index in [-0.39, 0.29) is 0 Å². The van der Waals surface area contributed by atoms with E-state index in [2.05, 4.69) is 0 Å². The quantitative estimate of drug-likeness (QED) is 0.370. The molecule has 0 bridgehead atoms. The number of cyclic esters (lactones) is 4. The van der Waals surface area contributed by atoms with E-state index in [9.17, 15) is 9.59 Å². The van der Waals surface area contributed by atoms with Gasteiger partial charge in [-0.25, -0.2) is 9.59 Å². The van der Waals surface area contributed by atoms with E-state index in [4.69, 9.17) is 18.9 Å². The zero-order chi connectivity index (χ0) is 18.5. The Morgan fingerprint density at radius 2 is 1.15 bits per heavy atom. The average Bonchev–Trinajstić information content (AvgIpc) is 2.97. The minimum Gasteiger partial charge on any atom is -0.434 e. The number of thioether (sulfide) groups is 2. The van der Waals surface area contributed by atoms with Crippen LogP contribution in [0.25, 0.3) is 0 Å². The zero-order valence-corrected chi connectivity index (χ0v) is 17.0. The van der Waals surface area contributed by atoms with Crippen molar-refractivity contribution in [1.29, 1.82) is 0 Å². The molecule has 0 radical (unpaired) electrons. The van der Waals surface area contributed by atoms with Crippen molar-refractivity contribution in [2.75, 3.05) is 49.4 Å².